The van der Waals surface area contributed by atoms with Gasteiger partial charge in [0.15, 0.2) is 0 Å². The van der Waals surface area contributed by atoms with E-state index in [2.05, 4.69) is 13.8 Å². The Morgan fingerprint density at radius 3 is 2.62 bits per heavy atom. The fourth-order valence-electron chi connectivity index (χ4n) is 2.75. The largest absolute Gasteiger partial charge is 0.367 e. The molecule has 2 amide bonds. The fraction of sp³-hybridized carbons (Fsp3) is 0.867. The van der Waals surface area contributed by atoms with E-state index in [-0.39, 0.29) is 29.3 Å². The van der Waals surface area contributed by atoms with E-state index in [1.165, 1.54) is 0 Å². The molecule has 0 radical (unpaired) electrons. The van der Waals surface area contributed by atoms with E-state index in [0.29, 0.717) is 12.3 Å². The van der Waals surface area contributed by atoms with Gasteiger partial charge in [-0.15, -0.1) is 11.8 Å². The summed E-state index contributed by atoms with van der Waals surface area (Å²) in [4.78, 5) is 27.0. The Bertz CT molecular complexity index is 406. The van der Waals surface area contributed by atoms with Crippen molar-refractivity contribution in [2.75, 3.05) is 39.5 Å². The van der Waals surface area contributed by atoms with Crippen LogP contribution in [0.3, 0.4) is 0 Å². The van der Waals surface area contributed by atoms with Gasteiger partial charge in [-0.25, -0.2) is 0 Å². The van der Waals surface area contributed by atoms with Crippen LogP contribution in [0.15, 0.2) is 0 Å². The second-order valence-corrected chi connectivity index (χ2v) is 8.26. The van der Waals surface area contributed by atoms with Crippen LogP contribution >= 0.6 is 11.8 Å². The predicted octanol–water partition coefficient (Wildman–Crippen LogP) is 1.22. The summed E-state index contributed by atoms with van der Waals surface area (Å²) < 4.78 is 5.88. The van der Waals surface area contributed by atoms with Gasteiger partial charge in [0, 0.05) is 39.4 Å². The van der Waals surface area contributed by atoms with Crippen molar-refractivity contribution in [2.45, 2.75) is 37.5 Å². The Hall–Kier alpha value is -0.750. The number of rotatable bonds is 5. The van der Waals surface area contributed by atoms with E-state index >= 15 is 0 Å². The van der Waals surface area contributed by atoms with Gasteiger partial charge in [0.2, 0.25) is 11.8 Å². The monoisotopic (exact) mass is 314 g/mol. The van der Waals surface area contributed by atoms with Gasteiger partial charge >= 0.3 is 0 Å². The Kier molecular flexibility index (Phi) is 5.20. The van der Waals surface area contributed by atoms with Gasteiger partial charge in [0.1, 0.15) is 6.61 Å². The first-order valence-electron chi connectivity index (χ1n) is 7.55. The van der Waals surface area contributed by atoms with Crippen LogP contribution < -0.4 is 0 Å². The van der Waals surface area contributed by atoms with Gasteiger partial charge in [-0.05, 0) is 12.3 Å². The summed E-state index contributed by atoms with van der Waals surface area (Å²) >= 11 is 1.90. The number of thioether (sulfide) groups is 1. The molecule has 2 aliphatic rings. The average molecular weight is 314 g/mol. The van der Waals surface area contributed by atoms with Crippen molar-refractivity contribution in [3.05, 3.63) is 0 Å². The van der Waals surface area contributed by atoms with E-state index in [9.17, 15) is 9.59 Å². The summed E-state index contributed by atoms with van der Waals surface area (Å²) in [5.74, 6) is 1.61. The van der Waals surface area contributed by atoms with Gasteiger partial charge in [0.05, 0.1) is 10.9 Å². The molecule has 1 atom stereocenters. The molecule has 5 nitrogen and oxygen atoms in total. The Morgan fingerprint density at radius 2 is 2.05 bits per heavy atom. The average Bonchev–Trinajstić information content (AvgIpc) is 2.77. The minimum Gasteiger partial charge on any atom is -0.367 e. The maximum Gasteiger partial charge on any atom is 0.248 e. The summed E-state index contributed by atoms with van der Waals surface area (Å²) in [6.45, 7) is 5.98. The fourth-order valence-corrected chi connectivity index (χ4v) is 4.30. The third kappa shape index (κ3) is 4.13. The maximum absolute atomic E-state index is 12.0. The highest BCUT2D eigenvalue weighted by Crippen LogP contribution is 2.46. The van der Waals surface area contributed by atoms with E-state index in [4.69, 9.17) is 4.74 Å². The highest BCUT2D eigenvalue weighted by molar-refractivity contribution is 8.01. The van der Waals surface area contributed by atoms with E-state index < -0.39 is 0 Å². The van der Waals surface area contributed by atoms with E-state index in [0.717, 1.165) is 25.3 Å². The van der Waals surface area contributed by atoms with Crippen molar-refractivity contribution >= 4 is 23.6 Å². The van der Waals surface area contributed by atoms with Gasteiger partial charge in [-0.2, -0.15) is 0 Å². The van der Waals surface area contributed by atoms with Crippen LogP contribution in [0.25, 0.3) is 0 Å². The number of amides is 2. The second-order valence-electron chi connectivity index (χ2n) is 6.77. The van der Waals surface area contributed by atoms with Crippen molar-refractivity contribution in [3.63, 3.8) is 0 Å². The van der Waals surface area contributed by atoms with Crippen LogP contribution in [0.2, 0.25) is 0 Å². The molecule has 0 aromatic rings. The lowest BCUT2D eigenvalue weighted by molar-refractivity contribution is -0.138. The first-order valence-corrected chi connectivity index (χ1v) is 8.53. The molecule has 21 heavy (non-hydrogen) atoms. The smallest absolute Gasteiger partial charge is 0.248 e. The molecule has 2 saturated heterocycles. The van der Waals surface area contributed by atoms with Gasteiger partial charge in [-0.3, -0.25) is 9.59 Å². The molecule has 2 heterocycles. The molecule has 0 N–H and O–H groups in total. The molecule has 0 aromatic heterocycles. The van der Waals surface area contributed by atoms with E-state index in [1.807, 2.05) is 16.7 Å². The summed E-state index contributed by atoms with van der Waals surface area (Å²) in [7, 11) is 3.47. The SMILES string of the molecule is CC(C)CC(=O)N1CC2(C[C@@H](OCC(=O)N(C)C)CS2)C1. The zero-order valence-electron chi connectivity index (χ0n) is 13.4. The number of likely N-dealkylation sites (N-methyl/N-ethyl adjacent to an activating group) is 1. The Morgan fingerprint density at radius 1 is 1.38 bits per heavy atom. The first kappa shape index (κ1) is 16.6. The van der Waals surface area contributed by atoms with Crippen molar-refractivity contribution < 1.29 is 14.3 Å². The summed E-state index contributed by atoms with van der Waals surface area (Å²) in [5.41, 5.74) is 0. The number of carbonyl (C=O) groups is 2. The lowest BCUT2D eigenvalue weighted by atomic mass is 9.92. The highest BCUT2D eigenvalue weighted by atomic mass is 32.2. The van der Waals surface area contributed by atoms with Crippen LogP contribution in [0, 0.1) is 5.92 Å². The minimum atomic E-state index is 0.00305. The molecule has 0 aliphatic carbocycles. The molecule has 0 saturated carbocycles. The number of carbonyl (C=O) groups excluding carboxylic acids is 2. The number of hydrogen-bond donors (Lipinski definition) is 0. The van der Waals surface area contributed by atoms with Crippen molar-refractivity contribution in [3.8, 4) is 0 Å². The molecule has 2 rings (SSSR count). The van der Waals surface area contributed by atoms with Crippen LogP contribution in [0.1, 0.15) is 26.7 Å². The molecular weight excluding hydrogens is 288 g/mol. The molecule has 120 valence electrons. The summed E-state index contributed by atoms with van der Waals surface area (Å²) in [5, 5.41) is 0. The minimum absolute atomic E-state index is 0.00305. The zero-order chi connectivity index (χ0) is 15.6. The van der Waals surface area contributed by atoms with Crippen LogP contribution in [0.4, 0.5) is 0 Å². The number of ether oxygens (including phenoxy) is 1. The zero-order valence-corrected chi connectivity index (χ0v) is 14.2. The van der Waals surface area contributed by atoms with E-state index in [1.54, 1.807) is 19.0 Å². The maximum atomic E-state index is 12.0. The summed E-state index contributed by atoms with van der Waals surface area (Å²) in [6.07, 6.45) is 1.73. The molecular formula is C15H26N2O3S. The molecule has 6 heteroatoms. The van der Waals surface area contributed by atoms with Crippen LogP contribution in [0.5, 0.6) is 0 Å². The van der Waals surface area contributed by atoms with Gasteiger partial charge in [-0.1, -0.05) is 13.8 Å². The molecule has 1 spiro atoms. The van der Waals surface area contributed by atoms with Gasteiger partial charge in [0.25, 0.3) is 0 Å². The van der Waals surface area contributed by atoms with Crippen molar-refractivity contribution in [2.24, 2.45) is 5.92 Å². The lowest BCUT2D eigenvalue weighted by Crippen LogP contribution is -2.60. The van der Waals surface area contributed by atoms with Crippen molar-refractivity contribution in [1.82, 2.24) is 9.80 Å². The Balaban J connectivity index is 1.72. The number of hydrogen-bond acceptors (Lipinski definition) is 4. The molecule has 2 fully saturated rings. The molecule has 2 aliphatic heterocycles. The normalized spacial score (nSPS) is 23.5. The standard InChI is InChI=1S/C15H26N2O3S/c1-11(2)5-13(18)17-9-15(10-17)6-12(8-21-15)20-7-14(19)16(3)4/h11-12H,5-10H2,1-4H3/t12-/m1/s1. The molecule has 0 bridgehead atoms. The Labute approximate surface area is 131 Å². The lowest BCUT2D eigenvalue weighted by Gasteiger charge is -2.47. The molecule has 0 unspecified atom stereocenters. The third-order valence-corrected chi connectivity index (χ3v) is 5.59. The van der Waals surface area contributed by atoms with Crippen molar-refractivity contribution in [1.29, 1.82) is 0 Å². The number of nitrogens with zero attached hydrogens (tertiary/aromatic N) is 2. The summed E-state index contributed by atoms with van der Waals surface area (Å²) in [6, 6.07) is 0. The highest BCUT2D eigenvalue weighted by Gasteiger charge is 2.50. The quantitative estimate of drug-likeness (QED) is 0.766. The van der Waals surface area contributed by atoms with Crippen LogP contribution in [-0.4, -0.2) is 72.0 Å². The topological polar surface area (TPSA) is 49.9 Å². The molecule has 0 aromatic carbocycles. The third-order valence-electron chi connectivity index (χ3n) is 4.01. The second kappa shape index (κ2) is 6.57. The first-order chi connectivity index (χ1) is 9.81. The van der Waals surface area contributed by atoms with Gasteiger partial charge < -0.3 is 14.5 Å². The number of likely N-dealkylation sites (tertiary alicyclic amines) is 1. The predicted molar refractivity (Wildman–Crippen MR) is 84.3 cm³/mol. The van der Waals surface area contributed by atoms with Crippen LogP contribution in [-0.2, 0) is 14.3 Å².